The average molecular weight is 234 g/mol. The van der Waals surface area contributed by atoms with Gasteiger partial charge in [0.2, 0.25) is 5.91 Å². The molecule has 5 nitrogen and oxygen atoms in total. The minimum Gasteiger partial charge on any atom is -0.478 e. The van der Waals surface area contributed by atoms with Crippen molar-refractivity contribution in [3.05, 3.63) is 29.8 Å². The highest BCUT2D eigenvalue weighted by atomic mass is 16.4. The van der Waals surface area contributed by atoms with Crippen LogP contribution in [0.5, 0.6) is 0 Å². The van der Waals surface area contributed by atoms with E-state index in [2.05, 4.69) is 0 Å². The van der Waals surface area contributed by atoms with Crippen molar-refractivity contribution in [2.45, 2.75) is 6.92 Å². The number of hydrogen-bond acceptors (Lipinski definition) is 3. The van der Waals surface area contributed by atoms with Crippen LogP contribution in [0.2, 0.25) is 0 Å². The van der Waals surface area contributed by atoms with E-state index in [-0.39, 0.29) is 17.4 Å². The summed E-state index contributed by atoms with van der Waals surface area (Å²) in [5.41, 5.74) is 1.07. The summed E-state index contributed by atoms with van der Waals surface area (Å²) in [5.74, 6) is -0.901. The lowest BCUT2D eigenvalue weighted by Gasteiger charge is -2.25. The summed E-state index contributed by atoms with van der Waals surface area (Å²) in [6, 6.07) is 6.51. The van der Waals surface area contributed by atoms with Crippen LogP contribution in [0.3, 0.4) is 0 Å². The number of rotatable bonds is 2. The first-order valence-electron chi connectivity index (χ1n) is 5.39. The van der Waals surface area contributed by atoms with Crippen molar-refractivity contribution in [3.63, 3.8) is 0 Å². The molecule has 1 fully saturated rings. The van der Waals surface area contributed by atoms with Crippen molar-refractivity contribution in [2.24, 2.45) is 5.92 Å². The lowest BCUT2D eigenvalue weighted by atomic mass is 10.2. The molecule has 1 N–H and O–H groups in total. The Morgan fingerprint density at radius 2 is 1.94 bits per heavy atom. The van der Waals surface area contributed by atoms with E-state index in [0.29, 0.717) is 6.54 Å². The Kier molecular flexibility index (Phi) is 2.75. The van der Waals surface area contributed by atoms with E-state index in [1.54, 1.807) is 36.3 Å². The average Bonchev–Trinajstić information content (AvgIpc) is 2.57. The Morgan fingerprint density at radius 3 is 2.35 bits per heavy atom. The topological polar surface area (TPSA) is 60.9 Å². The second-order valence-corrected chi connectivity index (χ2v) is 4.20. The first kappa shape index (κ1) is 11.4. The number of anilines is 1. The molecule has 1 aromatic rings. The van der Waals surface area contributed by atoms with Crippen LogP contribution in [0.1, 0.15) is 17.3 Å². The molecule has 0 aliphatic carbocycles. The van der Waals surface area contributed by atoms with Gasteiger partial charge < -0.3 is 5.11 Å². The molecule has 1 saturated heterocycles. The number of aromatic carboxylic acids is 1. The fourth-order valence-corrected chi connectivity index (χ4v) is 1.95. The van der Waals surface area contributed by atoms with Gasteiger partial charge in [0.05, 0.1) is 23.7 Å². The third-order valence-corrected chi connectivity index (χ3v) is 2.96. The van der Waals surface area contributed by atoms with E-state index >= 15 is 0 Å². The third-order valence-electron chi connectivity index (χ3n) is 2.96. The predicted octanol–water partition coefficient (Wildman–Crippen LogP) is 1.21. The molecule has 17 heavy (non-hydrogen) atoms. The van der Waals surface area contributed by atoms with Crippen molar-refractivity contribution >= 4 is 17.6 Å². The predicted molar refractivity (Wildman–Crippen MR) is 62.7 cm³/mol. The Bertz CT molecular complexity index is 455. The molecule has 1 atom stereocenters. The zero-order valence-electron chi connectivity index (χ0n) is 9.75. The molecule has 0 radical (unpaired) electrons. The molecule has 1 amide bonds. The molecule has 0 aromatic heterocycles. The first-order chi connectivity index (χ1) is 8.00. The van der Waals surface area contributed by atoms with Crippen LogP contribution in [-0.4, -0.2) is 35.6 Å². The fourth-order valence-electron chi connectivity index (χ4n) is 1.95. The van der Waals surface area contributed by atoms with E-state index in [0.717, 1.165) is 5.69 Å². The van der Waals surface area contributed by atoms with E-state index in [4.69, 9.17) is 5.11 Å². The van der Waals surface area contributed by atoms with Gasteiger partial charge >= 0.3 is 5.97 Å². The van der Waals surface area contributed by atoms with Gasteiger partial charge in [0.1, 0.15) is 0 Å². The lowest BCUT2D eigenvalue weighted by molar-refractivity contribution is -0.129. The minimum atomic E-state index is -0.948. The number of hydrazine groups is 1. The summed E-state index contributed by atoms with van der Waals surface area (Å²) in [5, 5.41) is 12.2. The van der Waals surface area contributed by atoms with E-state index in [1.807, 2.05) is 11.9 Å². The van der Waals surface area contributed by atoms with Crippen LogP contribution in [0.25, 0.3) is 0 Å². The Balaban J connectivity index is 2.24. The summed E-state index contributed by atoms with van der Waals surface area (Å²) >= 11 is 0. The molecule has 90 valence electrons. The zero-order valence-corrected chi connectivity index (χ0v) is 9.75. The fraction of sp³-hybridized carbons (Fsp3) is 0.333. The van der Waals surface area contributed by atoms with Gasteiger partial charge in [0.25, 0.3) is 0 Å². The summed E-state index contributed by atoms with van der Waals surface area (Å²) in [4.78, 5) is 22.4. The largest absolute Gasteiger partial charge is 0.478 e. The highest BCUT2D eigenvalue weighted by molar-refractivity contribution is 5.88. The van der Waals surface area contributed by atoms with Gasteiger partial charge in [-0.15, -0.1) is 0 Å². The number of benzene rings is 1. The molecule has 0 bridgehead atoms. The van der Waals surface area contributed by atoms with Crippen LogP contribution >= 0.6 is 0 Å². The van der Waals surface area contributed by atoms with E-state index in [9.17, 15) is 9.59 Å². The lowest BCUT2D eigenvalue weighted by Crippen LogP contribution is -2.35. The van der Waals surface area contributed by atoms with Crippen LogP contribution in [0.15, 0.2) is 24.3 Å². The molecule has 1 aliphatic rings. The van der Waals surface area contributed by atoms with Crippen molar-refractivity contribution < 1.29 is 14.7 Å². The molecular formula is C12H14N2O3. The number of hydrogen-bond donors (Lipinski definition) is 1. The summed E-state index contributed by atoms with van der Waals surface area (Å²) in [7, 11) is 1.72. The Hall–Kier alpha value is -2.04. The second kappa shape index (κ2) is 4.08. The number of amides is 1. The maximum absolute atomic E-state index is 11.7. The van der Waals surface area contributed by atoms with Gasteiger partial charge in [-0.1, -0.05) is 6.92 Å². The van der Waals surface area contributed by atoms with E-state index < -0.39 is 5.97 Å². The van der Waals surface area contributed by atoms with Crippen LogP contribution < -0.4 is 5.01 Å². The van der Waals surface area contributed by atoms with Gasteiger partial charge in [-0.25, -0.2) is 4.79 Å². The Labute approximate surface area is 99.2 Å². The molecule has 1 aliphatic heterocycles. The van der Waals surface area contributed by atoms with E-state index in [1.165, 1.54) is 0 Å². The molecule has 2 rings (SSSR count). The second-order valence-electron chi connectivity index (χ2n) is 4.20. The molecule has 0 saturated carbocycles. The molecule has 1 heterocycles. The quantitative estimate of drug-likeness (QED) is 0.835. The van der Waals surface area contributed by atoms with Gasteiger partial charge in [0.15, 0.2) is 0 Å². The monoisotopic (exact) mass is 234 g/mol. The SMILES string of the molecule is CC1CN(c2ccc(C(=O)O)cc2)N(C)C1=O. The number of carbonyl (C=O) groups is 2. The maximum Gasteiger partial charge on any atom is 0.335 e. The molecule has 1 aromatic carbocycles. The van der Waals surface area contributed by atoms with Gasteiger partial charge in [-0.05, 0) is 24.3 Å². The highest BCUT2D eigenvalue weighted by Crippen LogP contribution is 2.24. The standard InChI is InChI=1S/C12H14N2O3/c1-8-7-14(13(2)11(8)15)10-5-3-9(4-6-10)12(16)17/h3-6,8H,7H2,1-2H3,(H,16,17). The normalized spacial score (nSPS) is 19.9. The maximum atomic E-state index is 11.7. The van der Waals surface area contributed by atoms with Crippen molar-refractivity contribution in [3.8, 4) is 0 Å². The summed E-state index contributed by atoms with van der Waals surface area (Å²) in [6.07, 6.45) is 0. The van der Waals surface area contributed by atoms with Crippen molar-refractivity contribution in [1.82, 2.24) is 5.01 Å². The van der Waals surface area contributed by atoms with Crippen LogP contribution in [0.4, 0.5) is 5.69 Å². The summed E-state index contributed by atoms with van der Waals surface area (Å²) in [6.45, 7) is 2.51. The van der Waals surface area contributed by atoms with Gasteiger partial charge in [0, 0.05) is 7.05 Å². The molecule has 0 spiro atoms. The molecular weight excluding hydrogens is 220 g/mol. The smallest absolute Gasteiger partial charge is 0.335 e. The minimum absolute atomic E-state index is 0.0286. The number of carboxylic acid groups (broad SMARTS) is 1. The van der Waals surface area contributed by atoms with Crippen molar-refractivity contribution in [2.75, 3.05) is 18.6 Å². The molecule has 1 unspecified atom stereocenters. The van der Waals surface area contributed by atoms with Crippen LogP contribution in [0, 0.1) is 5.92 Å². The van der Waals surface area contributed by atoms with Gasteiger partial charge in [-0.3, -0.25) is 14.8 Å². The first-order valence-corrected chi connectivity index (χ1v) is 5.39. The zero-order chi connectivity index (χ0) is 12.6. The number of nitrogens with zero attached hydrogens (tertiary/aromatic N) is 2. The third kappa shape index (κ3) is 1.95. The highest BCUT2D eigenvalue weighted by Gasteiger charge is 2.32. The van der Waals surface area contributed by atoms with Crippen LogP contribution in [-0.2, 0) is 4.79 Å². The number of carboxylic acids is 1. The number of carbonyl (C=O) groups excluding carboxylic acids is 1. The summed E-state index contributed by atoms with van der Waals surface area (Å²) < 4.78 is 0. The molecule has 5 heteroatoms. The Morgan fingerprint density at radius 1 is 1.35 bits per heavy atom. The van der Waals surface area contributed by atoms with Gasteiger partial charge in [-0.2, -0.15) is 0 Å². The van der Waals surface area contributed by atoms with Crippen molar-refractivity contribution in [1.29, 1.82) is 0 Å².